The number of nitrogens with zero attached hydrogens (tertiary/aromatic N) is 2. The summed E-state index contributed by atoms with van der Waals surface area (Å²) in [7, 11) is 0. The summed E-state index contributed by atoms with van der Waals surface area (Å²) >= 11 is 1.89. The van der Waals surface area contributed by atoms with Crippen LogP contribution in [0.1, 0.15) is 0 Å². The molecule has 0 N–H and O–H groups in total. The topological polar surface area (TPSA) is 8.17 Å². The van der Waals surface area contributed by atoms with E-state index in [1.165, 1.54) is 81.0 Å². The van der Waals surface area contributed by atoms with Gasteiger partial charge in [-0.2, -0.15) is 0 Å². The molecular weight excluding hydrogens is 709 g/mol. The molecule has 0 saturated heterocycles. The van der Waals surface area contributed by atoms with Gasteiger partial charge in [0.25, 0.3) is 0 Å². The lowest BCUT2D eigenvalue weighted by Crippen LogP contribution is -2.10. The van der Waals surface area contributed by atoms with Gasteiger partial charge < -0.3 is 9.47 Å². The van der Waals surface area contributed by atoms with Crippen LogP contribution >= 0.6 is 11.3 Å². The number of rotatable bonds is 7. The number of hydrogen-bond acceptors (Lipinski definition) is 2. The Kier molecular flexibility index (Phi) is 8.04. The number of anilines is 3. The Balaban J connectivity index is 1.04. The second kappa shape index (κ2) is 13.8. The van der Waals surface area contributed by atoms with Gasteiger partial charge in [0.2, 0.25) is 0 Å². The molecule has 0 aliphatic carbocycles. The first kappa shape index (κ1) is 33.2. The van der Waals surface area contributed by atoms with E-state index in [-0.39, 0.29) is 0 Å². The van der Waals surface area contributed by atoms with Gasteiger partial charge in [0.1, 0.15) is 0 Å². The van der Waals surface area contributed by atoms with E-state index in [2.05, 4.69) is 228 Å². The molecule has 3 heteroatoms. The summed E-state index contributed by atoms with van der Waals surface area (Å²) in [6, 6.07) is 79.2. The van der Waals surface area contributed by atoms with Crippen molar-refractivity contribution in [3.05, 3.63) is 218 Å². The maximum Gasteiger partial charge on any atom is 0.0640 e. The highest BCUT2D eigenvalue weighted by Crippen LogP contribution is 2.47. The lowest BCUT2D eigenvalue weighted by atomic mass is 10.0. The first-order chi connectivity index (χ1) is 28.3. The molecule has 11 aromatic rings. The molecule has 2 nitrogen and oxygen atoms in total. The monoisotopic (exact) mass is 744 g/mol. The molecule has 0 bridgehead atoms. The van der Waals surface area contributed by atoms with Crippen LogP contribution in [-0.2, 0) is 0 Å². The molecule has 9 aromatic carbocycles. The maximum absolute atomic E-state index is 2.42. The van der Waals surface area contributed by atoms with Crippen molar-refractivity contribution in [1.29, 1.82) is 0 Å². The Morgan fingerprint density at radius 2 is 0.807 bits per heavy atom. The number of para-hydroxylation sites is 2. The molecule has 11 rings (SSSR count). The summed E-state index contributed by atoms with van der Waals surface area (Å²) in [5, 5.41) is 5.10. The van der Waals surface area contributed by atoms with E-state index in [0.29, 0.717) is 0 Å². The van der Waals surface area contributed by atoms with Crippen LogP contribution in [0.25, 0.3) is 81.0 Å². The van der Waals surface area contributed by atoms with Gasteiger partial charge in [-0.1, -0.05) is 164 Å². The van der Waals surface area contributed by atoms with Crippen molar-refractivity contribution >= 4 is 70.4 Å². The summed E-state index contributed by atoms with van der Waals surface area (Å²) in [4.78, 5) is 2.42. The summed E-state index contributed by atoms with van der Waals surface area (Å²) in [6.07, 6.45) is 0. The fourth-order valence-corrected chi connectivity index (χ4v) is 9.86. The predicted molar refractivity (Wildman–Crippen MR) is 245 cm³/mol. The van der Waals surface area contributed by atoms with Crippen LogP contribution in [0.5, 0.6) is 0 Å². The fourth-order valence-electron chi connectivity index (χ4n) is 8.52. The van der Waals surface area contributed by atoms with Crippen LogP contribution in [0.15, 0.2) is 218 Å². The van der Waals surface area contributed by atoms with E-state index >= 15 is 0 Å². The Labute approximate surface area is 335 Å². The number of hydrogen-bond donors (Lipinski definition) is 0. The van der Waals surface area contributed by atoms with Gasteiger partial charge >= 0.3 is 0 Å². The van der Waals surface area contributed by atoms with Gasteiger partial charge in [0.05, 0.1) is 21.4 Å². The number of thiophene rings is 1. The average Bonchev–Trinajstić information content (AvgIpc) is 3.84. The van der Waals surface area contributed by atoms with Gasteiger partial charge in [-0.25, -0.2) is 0 Å². The minimum absolute atomic E-state index is 1.11. The maximum atomic E-state index is 2.42. The summed E-state index contributed by atoms with van der Waals surface area (Å²) in [6.45, 7) is 0. The Morgan fingerprint density at radius 3 is 1.46 bits per heavy atom. The van der Waals surface area contributed by atoms with Gasteiger partial charge in [-0.15, -0.1) is 11.3 Å². The summed E-state index contributed by atoms with van der Waals surface area (Å²) < 4.78 is 4.97. The minimum Gasteiger partial charge on any atom is -0.309 e. The van der Waals surface area contributed by atoms with Gasteiger partial charge in [-0.3, -0.25) is 0 Å². The van der Waals surface area contributed by atoms with Crippen molar-refractivity contribution in [1.82, 2.24) is 4.57 Å². The molecular formula is C54H36N2S. The zero-order chi connectivity index (χ0) is 37.7. The minimum atomic E-state index is 1.11. The van der Waals surface area contributed by atoms with Gasteiger partial charge in [0.15, 0.2) is 0 Å². The zero-order valence-electron chi connectivity index (χ0n) is 31.1. The molecule has 0 saturated carbocycles. The number of aromatic nitrogens is 1. The zero-order valence-corrected chi connectivity index (χ0v) is 31.9. The average molecular weight is 745 g/mol. The van der Waals surface area contributed by atoms with Crippen molar-refractivity contribution in [2.75, 3.05) is 4.90 Å². The molecule has 2 heterocycles. The van der Waals surface area contributed by atoms with Crippen LogP contribution in [0, 0.1) is 0 Å². The van der Waals surface area contributed by atoms with E-state index in [1.54, 1.807) is 0 Å². The molecule has 0 radical (unpaired) electrons. The molecule has 0 unspecified atom stereocenters. The normalized spacial score (nSPS) is 11.5. The van der Waals surface area contributed by atoms with Crippen molar-refractivity contribution in [2.45, 2.75) is 0 Å². The standard InChI is InChI=1S/C54H36N2S/c1-3-14-37(15-4-1)38-28-32-42(33-29-38)55(52-27-13-24-49-48-23-12-22-45(53(48)57-54(49)52)40-16-5-2-6-17-40)43-34-30-39(31-35-43)41-18-11-19-44(36-41)56-50-25-9-7-20-46(50)47-21-8-10-26-51(47)56/h1-36H. The quantitative estimate of drug-likeness (QED) is 0.158. The highest BCUT2D eigenvalue weighted by Gasteiger charge is 2.20. The number of benzene rings is 9. The van der Waals surface area contributed by atoms with Crippen molar-refractivity contribution in [2.24, 2.45) is 0 Å². The van der Waals surface area contributed by atoms with E-state index < -0.39 is 0 Å². The van der Waals surface area contributed by atoms with Crippen LogP contribution < -0.4 is 4.90 Å². The van der Waals surface area contributed by atoms with Crippen LogP contribution in [0.4, 0.5) is 17.1 Å². The molecule has 2 aromatic heterocycles. The first-order valence-corrected chi connectivity index (χ1v) is 20.2. The van der Waals surface area contributed by atoms with Crippen LogP contribution in [0.3, 0.4) is 0 Å². The SMILES string of the molecule is c1ccc(-c2ccc(N(c3ccc(-c4cccc(-n5c6ccccc6c6ccccc65)c4)cc3)c3cccc4c3sc3c(-c5ccccc5)cccc34)cc2)cc1. The third kappa shape index (κ3) is 5.71. The molecule has 0 aliphatic heterocycles. The third-order valence-electron chi connectivity index (χ3n) is 11.2. The summed E-state index contributed by atoms with van der Waals surface area (Å²) in [5.41, 5.74) is 14.2. The molecule has 0 fully saturated rings. The molecule has 57 heavy (non-hydrogen) atoms. The highest BCUT2D eigenvalue weighted by atomic mass is 32.1. The van der Waals surface area contributed by atoms with Crippen molar-refractivity contribution < 1.29 is 0 Å². The van der Waals surface area contributed by atoms with Crippen molar-refractivity contribution in [3.8, 4) is 39.1 Å². The Bertz CT molecular complexity index is 3160. The lowest BCUT2D eigenvalue weighted by Gasteiger charge is -2.26. The van der Waals surface area contributed by atoms with Crippen LogP contribution in [-0.4, -0.2) is 4.57 Å². The van der Waals surface area contributed by atoms with E-state index in [4.69, 9.17) is 0 Å². The van der Waals surface area contributed by atoms with E-state index in [1.807, 2.05) is 11.3 Å². The van der Waals surface area contributed by atoms with E-state index in [0.717, 1.165) is 17.1 Å². The molecule has 0 atom stereocenters. The van der Waals surface area contributed by atoms with Gasteiger partial charge in [-0.05, 0) is 88.0 Å². The number of fused-ring (bicyclic) bond motifs is 6. The fraction of sp³-hybridized carbons (Fsp3) is 0. The first-order valence-electron chi connectivity index (χ1n) is 19.4. The lowest BCUT2D eigenvalue weighted by molar-refractivity contribution is 1.18. The molecule has 268 valence electrons. The molecule has 0 spiro atoms. The second-order valence-electron chi connectivity index (χ2n) is 14.5. The third-order valence-corrected chi connectivity index (χ3v) is 12.5. The molecule has 0 amide bonds. The highest BCUT2D eigenvalue weighted by molar-refractivity contribution is 7.27. The largest absolute Gasteiger partial charge is 0.309 e. The predicted octanol–water partition coefficient (Wildman–Crippen LogP) is 15.6. The van der Waals surface area contributed by atoms with Crippen molar-refractivity contribution in [3.63, 3.8) is 0 Å². The van der Waals surface area contributed by atoms with Gasteiger partial charge in [0, 0.05) is 43.3 Å². The smallest absolute Gasteiger partial charge is 0.0640 e. The Morgan fingerprint density at radius 1 is 0.333 bits per heavy atom. The molecule has 0 aliphatic rings. The van der Waals surface area contributed by atoms with Crippen LogP contribution in [0.2, 0.25) is 0 Å². The summed E-state index contributed by atoms with van der Waals surface area (Å²) in [5.74, 6) is 0. The Hall–Kier alpha value is -7.20. The van der Waals surface area contributed by atoms with E-state index in [9.17, 15) is 0 Å². The second-order valence-corrected chi connectivity index (χ2v) is 15.5.